The fourth-order valence-corrected chi connectivity index (χ4v) is 4.11. The molecule has 0 spiro atoms. The number of thiazole rings is 1. The summed E-state index contributed by atoms with van der Waals surface area (Å²) in [5.74, 6) is -0.0170. The summed E-state index contributed by atoms with van der Waals surface area (Å²) in [6.45, 7) is 0.170. The van der Waals surface area contributed by atoms with Crippen molar-refractivity contribution in [1.29, 1.82) is 0 Å². The molecule has 1 aromatic carbocycles. The molecule has 0 saturated heterocycles. The Balaban J connectivity index is 1.73. The average Bonchev–Trinajstić information content (AvgIpc) is 3.02. The van der Waals surface area contributed by atoms with Crippen LogP contribution in [0.3, 0.4) is 0 Å². The van der Waals surface area contributed by atoms with Crippen molar-refractivity contribution in [3.63, 3.8) is 0 Å². The second kappa shape index (κ2) is 6.09. The maximum Gasteiger partial charge on any atom is 0.263 e. The topological polar surface area (TPSA) is 92.9 Å². The van der Waals surface area contributed by atoms with Gasteiger partial charge in [-0.1, -0.05) is 12.1 Å². The number of aromatic nitrogens is 1. The summed E-state index contributed by atoms with van der Waals surface area (Å²) in [6, 6.07) is 6.61. The SMILES string of the molecule is Cn1ccsc1=NC(=O)CCN=C1NS(=O)(=O)c2ccccc21. The molecule has 0 aliphatic carbocycles. The fraction of sp³-hybridized carbons (Fsp3) is 0.214. The lowest BCUT2D eigenvalue weighted by Crippen LogP contribution is -2.22. The Hall–Kier alpha value is -2.26. The number of amidine groups is 1. The summed E-state index contributed by atoms with van der Waals surface area (Å²) in [5.41, 5.74) is 0.529. The zero-order valence-corrected chi connectivity index (χ0v) is 13.9. The molecule has 3 rings (SSSR count). The van der Waals surface area contributed by atoms with E-state index in [1.54, 1.807) is 22.8 Å². The normalized spacial score (nSPS) is 18.0. The second-order valence-electron chi connectivity index (χ2n) is 4.88. The van der Waals surface area contributed by atoms with Crippen LogP contribution in [-0.2, 0) is 21.9 Å². The number of carbonyl (C=O) groups is 1. The molecular formula is C14H14N4O3S2. The predicted octanol–water partition coefficient (Wildman–Crippen LogP) is 0.643. The highest BCUT2D eigenvalue weighted by atomic mass is 32.2. The van der Waals surface area contributed by atoms with Crippen molar-refractivity contribution in [1.82, 2.24) is 9.29 Å². The van der Waals surface area contributed by atoms with Gasteiger partial charge >= 0.3 is 0 Å². The monoisotopic (exact) mass is 350 g/mol. The molecule has 7 nitrogen and oxygen atoms in total. The van der Waals surface area contributed by atoms with Crippen LogP contribution in [0.15, 0.2) is 50.7 Å². The first-order valence-electron chi connectivity index (χ1n) is 6.82. The summed E-state index contributed by atoms with van der Waals surface area (Å²) in [4.78, 5) is 20.8. The molecule has 120 valence electrons. The van der Waals surface area contributed by atoms with Crippen molar-refractivity contribution in [2.45, 2.75) is 11.3 Å². The molecular weight excluding hydrogens is 336 g/mol. The number of hydrogen-bond acceptors (Lipinski definition) is 5. The Morgan fingerprint density at radius 1 is 1.35 bits per heavy atom. The van der Waals surface area contributed by atoms with E-state index in [2.05, 4.69) is 14.7 Å². The van der Waals surface area contributed by atoms with Crippen LogP contribution in [0.2, 0.25) is 0 Å². The Morgan fingerprint density at radius 2 is 2.13 bits per heavy atom. The third kappa shape index (κ3) is 3.25. The molecule has 1 aliphatic rings. The summed E-state index contributed by atoms with van der Waals surface area (Å²) < 4.78 is 28.0. The van der Waals surface area contributed by atoms with Gasteiger partial charge in [0.2, 0.25) is 5.91 Å². The quantitative estimate of drug-likeness (QED) is 0.880. The molecule has 1 aromatic heterocycles. The first-order chi connectivity index (χ1) is 11.0. The van der Waals surface area contributed by atoms with Crippen LogP contribution in [0.4, 0.5) is 0 Å². The number of nitrogens with zero attached hydrogens (tertiary/aromatic N) is 3. The van der Waals surface area contributed by atoms with Gasteiger partial charge in [-0.15, -0.1) is 11.3 Å². The lowest BCUT2D eigenvalue weighted by molar-refractivity contribution is -0.117. The van der Waals surface area contributed by atoms with E-state index in [9.17, 15) is 13.2 Å². The number of sulfonamides is 1. The number of nitrogens with one attached hydrogen (secondary N) is 1. The third-order valence-corrected chi connectivity index (χ3v) is 5.48. The molecule has 0 saturated carbocycles. The van der Waals surface area contributed by atoms with Crippen molar-refractivity contribution in [2.24, 2.45) is 17.0 Å². The van der Waals surface area contributed by atoms with Gasteiger partial charge in [0.05, 0.1) is 11.4 Å². The highest BCUT2D eigenvalue weighted by Crippen LogP contribution is 2.22. The van der Waals surface area contributed by atoms with Crippen LogP contribution in [0.1, 0.15) is 12.0 Å². The highest BCUT2D eigenvalue weighted by molar-refractivity contribution is 7.90. The number of aliphatic imine (C=N–C) groups is 1. The van der Waals surface area contributed by atoms with E-state index >= 15 is 0 Å². The highest BCUT2D eigenvalue weighted by Gasteiger charge is 2.29. The van der Waals surface area contributed by atoms with Gasteiger partial charge in [-0.2, -0.15) is 4.99 Å². The Labute approximate surface area is 137 Å². The van der Waals surface area contributed by atoms with Crippen LogP contribution in [-0.4, -0.2) is 31.3 Å². The van der Waals surface area contributed by atoms with E-state index in [0.29, 0.717) is 10.4 Å². The summed E-state index contributed by atoms with van der Waals surface area (Å²) in [7, 11) is -1.73. The van der Waals surface area contributed by atoms with Crippen molar-refractivity contribution >= 4 is 33.1 Å². The summed E-state index contributed by atoms with van der Waals surface area (Å²) in [5, 5.41) is 1.84. The predicted molar refractivity (Wildman–Crippen MR) is 86.6 cm³/mol. The number of hydrogen-bond donors (Lipinski definition) is 1. The van der Waals surface area contributed by atoms with Gasteiger partial charge in [0.25, 0.3) is 10.0 Å². The van der Waals surface area contributed by atoms with Gasteiger partial charge in [0.15, 0.2) is 4.80 Å². The van der Waals surface area contributed by atoms with Crippen molar-refractivity contribution in [3.8, 4) is 0 Å². The van der Waals surface area contributed by atoms with Gasteiger partial charge in [-0.05, 0) is 12.1 Å². The molecule has 0 radical (unpaired) electrons. The largest absolute Gasteiger partial charge is 0.327 e. The third-order valence-electron chi connectivity index (χ3n) is 3.24. The Bertz CT molecular complexity index is 954. The minimum atomic E-state index is -3.54. The van der Waals surface area contributed by atoms with Crippen LogP contribution in [0.5, 0.6) is 0 Å². The second-order valence-corrected chi connectivity index (χ2v) is 7.41. The molecule has 0 fully saturated rings. The average molecular weight is 350 g/mol. The Kier molecular flexibility index (Phi) is 4.14. The van der Waals surface area contributed by atoms with Gasteiger partial charge in [0, 0.05) is 30.6 Å². The number of carbonyl (C=O) groups excluding carboxylic acids is 1. The Morgan fingerprint density at radius 3 is 2.87 bits per heavy atom. The zero-order valence-electron chi connectivity index (χ0n) is 12.3. The van der Waals surface area contributed by atoms with Gasteiger partial charge in [-0.25, -0.2) is 8.42 Å². The standard InChI is InChI=1S/C14H14N4O3S2/c1-18-8-9-22-14(18)16-12(19)6-7-15-13-10-4-2-3-5-11(10)23(20,21)17-13/h2-5,8-9H,6-7H2,1H3,(H,15,17). The van der Waals surface area contributed by atoms with E-state index in [0.717, 1.165) is 0 Å². The molecule has 2 aromatic rings. The summed E-state index contributed by atoms with van der Waals surface area (Å²) in [6.07, 6.45) is 1.94. The van der Waals surface area contributed by atoms with Gasteiger partial charge in [0.1, 0.15) is 5.84 Å². The van der Waals surface area contributed by atoms with Crippen LogP contribution >= 0.6 is 11.3 Å². The maximum absolute atomic E-state index is 11.9. The van der Waals surface area contributed by atoms with E-state index < -0.39 is 10.0 Å². The number of amides is 1. The van der Waals surface area contributed by atoms with E-state index in [-0.39, 0.29) is 29.6 Å². The minimum absolute atomic E-state index is 0.116. The first kappa shape index (κ1) is 15.6. The minimum Gasteiger partial charge on any atom is -0.327 e. The van der Waals surface area contributed by atoms with Crippen LogP contribution < -0.4 is 9.52 Å². The molecule has 1 aliphatic heterocycles. The smallest absolute Gasteiger partial charge is 0.263 e. The van der Waals surface area contributed by atoms with Crippen molar-refractivity contribution in [2.75, 3.05) is 6.54 Å². The molecule has 0 bridgehead atoms. The van der Waals surface area contributed by atoms with Crippen LogP contribution in [0, 0.1) is 0 Å². The number of rotatable bonds is 3. The number of fused-ring (bicyclic) bond motifs is 1. The van der Waals surface area contributed by atoms with Gasteiger partial charge in [-0.3, -0.25) is 14.5 Å². The number of aryl methyl sites for hydroxylation is 1. The fourth-order valence-electron chi connectivity index (χ4n) is 2.11. The summed E-state index contributed by atoms with van der Waals surface area (Å²) >= 11 is 1.38. The lowest BCUT2D eigenvalue weighted by Gasteiger charge is -1.98. The lowest BCUT2D eigenvalue weighted by atomic mass is 10.2. The molecule has 1 amide bonds. The van der Waals surface area contributed by atoms with Crippen molar-refractivity contribution in [3.05, 3.63) is 46.2 Å². The molecule has 2 heterocycles. The van der Waals surface area contributed by atoms with E-state index in [1.165, 1.54) is 17.4 Å². The first-order valence-corrected chi connectivity index (χ1v) is 9.18. The zero-order chi connectivity index (χ0) is 16.4. The van der Waals surface area contributed by atoms with E-state index in [4.69, 9.17) is 0 Å². The molecule has 0 atom stereocenters. The molecule has 23 heavy (non-hydrogen) atoms. The maximum atomic E-state index is 11.9. The van der Waals surface area contributed by atoms with Gasteiger partial charge < -0.3 is 4.57 Å². The molecule has 1 N–H and O–H groups in total. The van der Waals surface area contributed by atoms with E-state index in [1.807, 2.05) is 18.6 Å². The van der Waals surface area contributed by atoms with Crippen molar-refractivity contribution < 1.29 is 13.2 Å². The molecule has 0 unspecified atom stereocenters. The number of benzene rings is 1. The molecule has 9 heteroatoms. The van der Waals surface area contributed by atoms with Crippen LogP contribution in [0.25, 0.3) is 0 Å².